The number of imide groups is 1. The molecule has 0 radical (unpaired) electrons. The lowest BCUT2D eigenvalue weighted by atomic mass is 9.98. The Labute approximate surface area is 203 Å². The number of rotatable bonds is 9. The number of carbonyl (C=O) groups is 3. The third kappa shape index (κ3) is 4.92. The van der Waals surface area contributed by atoms with Crippen molar-refractivity contribution in [3.63, 3.8) is 0 Å². The number of nitrogens with zero attached hydrogens (tertiary/aromatic N) is 1. The van der Waals surface area contributed by atoms with E-state index >= 15 is 0 Å². The predicted molar refractivity (Wildman–Crippen MR) is 131 cm³/mol. The minimum atomic E-state index is -0.770. The molecule has 5 nitrogen and oxygen atoms in total. The van der Waals surface area contributed by atoms with Gasteiger partial charge in [-0.15, -0.1) is 11.8 Å². The molecule has 0 spiro atoms. The molecular formula is C28H25NO4S. The van der Waals surface area contributed by atoms with Crippen LogP contribution in [0.1, 0.15) is 50.6 Å². The van der Waals surface area contributed by atoms with Crippen molar-refractivity contribution in [3.05, 3.63) is 101 Å². The van der Waals surface area contributed by atoms with Gasteiger partial charge in [0.15, 0.2) is 0 Å². The summed E-state index contributed by atoms with van der Waals surface area (Å²) in [6, 6.07) is 24.0. The molecule has 1 saturated carbocycles. The van der Waals surface area contributed by atoms with E-state index in [1.54, 1.807) is 24.3 Å². The van der Waals surface area contributed by atoms with Crippen molar-refractivity contribution in [1.82, 2.24) is 4.90 Å². The standard InChI is InChI=1S/C28H25NO4S/c30-26-23-8-4-5-9-24(23)27(31)29(26)16-25(28(32)33-17-19-6-2-1-3-7-19)21-12-14-22(15-13-21)34-18-20-10-11-20/h1-9,12-15,20,25H,10-11,16-18H2. The molecule has 1 atom stereocenters. The number of thioether (sulfide) groups is 1. The molecule has 0 bridgehead atoms. The van der Waals surface area contributed by atoms with E-state index in [4.69, 9.17) is 4.74 Å². The van der Waals surface area contributed by atoms with Crippen LogP contribution in [0.15, 0.2) is 83.8 Å². The maximum Gasteiger partial charge on any atom is 0.315 e. The molecule has 0 saturated heterocycles. The van der Waals surface area contributed by atoms with Crippen LogP contribution in [0.2, 0.25) is 0 Å². The van der Waals surface area contributed by atoms with Crippen molar-refractivity contribution < 1.29 is 19.1 Å². The molecule has 1 aliphatic carbocycles. The number of amides is 2. The van der Waals surface area contributed by atoms with Gasteiger partial charge in [0.05, 0.1) is 17.0 Å². The minimum Gasteiger partial charge on any atom is -0.460 e. The van der Waals surface area contributed by atoms with Gasteiger partial charge in [-0.3, -0.25) is 19.3 Å². The number of carbonyl (C=O) groups excluding carboxylic acids is 3. The molecule has 1 aliphatic heterocycles. The van der Waals surface area contributed by atoms with E-state index < -0.39 is 11.9 Å². The third-order valence-corrected chi connectivity index (χ3v) is 7.46. The molecule has 2 amide bonds. The maximum absolute atomic E-state index is 13.2. The normalized spacial score (nSPS) is 15.8. The highest BCUT2D eigenvalue weighted by Gasteiger charge is 2.38. The van der Waals surface area contributed by atoms with E-state index in [1.165, 1.54) is 12.8 Å². The van der Waals surface area contributed by atoms with Gasteiger partial charge in [0.1, 0.15) is 6.61 Å². The zero-order chi connectivity index (χ0) is 23.5. The number of hydrogen-bond donors (Lipinski definition) is 0. The van der Waals surface area contributed by atoms with Gasteiger partial charge < -0.3 is 4.74 Å². The maximum atomic E-state index is 13.2. The summed E-state index contributed by atoms with van der Waals surface area (Å²) in [5.74, 6) is -0.0562. The number of fused-ring (bicyclic) bond motifs is 1. The van der Waals surface area contributed by atoms with Crippen LogP contribution in [0.25, 0.3) is 0 Å². The summed E-state index contributed by atoms with van der Waals surface area (Å²) in [5, 5.41) is 0. The predicted octanol–water partition coefficient (Wildman–Crippen LogP) is 5.31. The first kappa shape index (κ1) is 22.4. The Bertz CT molecular complexity index is 1170. The van der Waals surface area contributed by atoms with Gasteiger partial charge >= 0.3 is 5.97 Å². The number of esters is 1. The molecule has 1 unspecified atom stereocenters. The van der Waals surface area contributed by atoms with Crippen LogP contribution in [-0.2, 0) is 16.1 Å². The molecule has 1 heterocycles. The first-order valence-electron chi connectivity index (χ1n) is 11.5. The lowest BCUT2D eigenvalue weighted by Crippen LogP contribution is -2.36. The van der Waals surface area contributed by atoms with E-state index in [0.717, 1.165) is 32.6 Å². The Morgan fingerprint density at radius 1 is 0.882 bits per heavy atom. The smallest absolute Gasteiger partial charge is 0.315 e. The molecule has 0 N–H and O–H groups in total. The fourth-order valence-corrected chi connectivity index (χ4v) is 5.12. The van der Waals surface area contributed by atoms with Crippen molar-refractivity contribution in [2.75, 3.05) is 12.3 Å². The van der Waals surface area contributed by atoms with Gasteiger partial charge in [-0.05, 0) is 54.2 Å². The van der Waals surface area contributed by atoms with E-state index in [2.05, 4.69) is 0 Å². The van der Waals surface area contributed by atoms with Gasteiger partial charge in [-0.25, -0.2) is 0 Å². The van der Waals surface area contributed by atoms with Crippen molar-refractivity contribution in [3.8, 4) is 0 Å². The first-order valence-corrected chi connectivity index (χ1v) is 12.5. The SMILES string of the molecule is O=C(OCc1ccccc1)C(CN1C(=O)c2ccccc2C1=O)c1ccc(SCC2CC2)cc1. The van der Waals surface area contributed by atoms with Crippen LogP contribution in [0.3, 0.4) is 0 Å². The number of ether oxygens (including phenoxy) is 1. The Balaban J connectivity index is 1.35. The summed E-state index contributed by atoms with van der Waals surface area (Å²) >= 11 is 1.82. The van der Waals surface area contributed by atoms with Crippen molar-refractivity contribution >= 4 is 29.5 Å². The van der Waals surface area contributed by atoms with Gasteiger partial charge in [0.25, 0.3) is 11.8 Å². The monoisotopic (exact) mass is 471 g/mol. The molecule has 0 aromatic heterocycles. The third-order valence-electron chi connectivity index (χ3n) is 6.22. The second-order valence-electron chi connectivity index (χ2n) is 8.74. The summed E-state index contributed by atoms with van der Waals surface area (Å²) in [5.41, 5.74) is 2.35. The van der Waals surface area contributed by atoms with E-state index in [-0.39, 0.29) is 25.0 Å². The molecule has 6 heteroatoms. The second-order valence-corrected chi connectivity index (χ2v) is 9.83. The van der Waals surface area contributed by atoms with Gasteiger partial charge in [0.2, 0.25) is 0 Å². The van der Waals surface area contributed by atoms with Crippen molar-refractivity contribution in [2.45, 2.75) is 30.3 Å². The van der Waals surface area contributed by atoms with Crippen LogP contribution in [0, 0.1) is 5.92 Å². The largest absolute Gasteiger partial charge is 0.460 e. The first-order chi connectivity index (χ1) is 16.6. The van der Waals surface area contributed by atoms with Gasteiger partial charge in [0, 0.05) is 17.2 Å². The molecule has 1 fully saturated rings. The van der Waals surface area contributed by atoms with Gasteiger partial charge in [-0.2, -0.15) is 0 Å². The summed E-state index contributed by atoms with van der Waals surface area (Å²) in [6.45, 7) is 0.0716. The number of benzene rings is 3. The molecule has 3 aromatic rings. The minimum absolute atomic E-state index is 0.0610. The number of hydrogen-bond acceptors (Lipinski definition) is 5. The van der Waals surface area contributed by atoms with Gasteiger partial charge in [-0.1, -0.05) is 54.6 Å². The van der Waals surface area contributed by atoms with Crippen LogP contribution in [0.5, 0.6) is 0 Å². The van der Waals surface area contributed by atoms with E-state index in [1.807, 2.05) is 66.4 Å². The highest BCUT2D eigenvalue weighted by atomic mass is 32.2. The Hall–Kier alpha value is -3.38. The fraction of sp³-hybridized carbons (Fsp3) is 0.250. The van der Waals surface area contributed by atoms with Crippen LogP contribution >= 0.6 is 11.8 Å². The van der Waals surface area contributed by atoms with E-state index in [9.17, 15) is 14.4 Å². The van der Waals surface area contributed by atoms with Crippen molar-refractivity contribution in [1.29, 1.82) is 0 Å². The Kier molecular flexibility index (Phi) is 6.50. The topological polar surface area (TPSA) is 63.7 Å². The van der Waals surface area contributed by atoms with Crippen LogP contribution in [-0.4, -0.2) is 35.0 Å². The lowest BCUT2D eigenvalue weighted by molar-refractivity contribution is -0.147. The fourth-order valence-electron chi connectivity index (χ4n) is 4.03. The molecular weight excluding hydrogens is 446 g/mol. The Morgan fingerprint density at radius 2 is 1.50 bits per heavy atom. The second kappa shape index (κ2) is 9.85. The molecule has 3 aromatic carbocycles. The summed E-state index contributed by atoms with van der Waals surface area (Å²) in [7, 11) is 0. The van der Waals surface area contributed by atoms with Crippen molar-refractivity contribution in [2.24, 2.45) is 5.92 Å². The summed E-state index contributed by atoms with van der Waals surface area (Å²) < 4.78 is 5.63. The highest BCUT2D eigenvalue weighted by Crippen LogP contribution is 2.35. The summed E-state index contributed by atoms with van der Waals surface area (Å²) in [6.07, 6.45) is 2.61. The lowest BCUT2D eigenvalue weighted by Gasteiger charge is -2.22. The molecule has 5 rings (SSSR count). The van der Waals surface area contributed by atoms with Crippen LogP contribution in [0.4, 0.5) is 0 Å². The Morgan fingerprint density at radius 3 is 2.12 bits per heavy atom. The molecule has 34 heavy (non-hydrogen) atoms. The average Bonchev–Trinajstić information content (AvgIpc) is 3.68. The summed E-state index contributed by atoms with van der Waals surface area (Å²) in [4.78, 5) is 41.4. The average molecular weight is 472 g/mol. The quantitative estimate of drug-likeness (QED) is 0.240. The van der Waals surface area contributed by atoms with E-state index in [0.29, 0.717) is 11.1 Å². The highest BCUT2D eigenvalue weighted by molar-refractivity contribution is 7.99. The van der Waals surface area contributed by atoms with Crippen LogP contribution < -0.4 is 0 Å². The molecule has 2 aliphatic rings. The molecule has 172 valence electrons. The zero-order valence-electron chi connectivity index (χ0n) is 18.7. The zero-order valence-corrected chi connectivity index (χ0v) is 19.5.